The Kier molecular flexibility index (Phi) is 3.92. The number of benzene rings is 1. The van der Waals surface area contributed by atoms with Crippen molar-refractivity contribution < 1.29 is 8.42 Å². The third-order valence-corrected chi connectivity index (χ3v) is 4.08. The smallest absolute Gasteiger partial charge is 0.179 e. The van der Waals surface area contributed by atoms with E-state index in [1.54, 1.807) is 18.2 Å². The molecule has 0 saturated carbocycles. The molecule has 0 aliphatic carbocycles. The largest absolute Gasteiger partial charge is 0.330 e. The maximum Gasteiger partial charge on any atom is 0.179 e. The first-order valence-corrected chi connectivity index (χ1v) is 6.28. The number of hydrogen-bond donors (Lipinski definition) is 1. The predicted molar refractivity (Wildman–Crippen MR) is 57.2 cm³/mol. The van der Waals surface area contributed by atoms with Crippen molar-refractivity contribution in [3.63, 3.8) is 0 Å². The van der Waals surface area contributed by atoms with Gasteiger partial charge in [0.15, 0.2) is 9.84 Å². The molecular formula is C9H12ClNO2S. The molecule has 1 aromatic rings. The van der Waals surface area contributed by atoms with Crippen LogP contribution in [0.1, 0.15) is 6.42 Å². The van der Waals surface area contributed by atoms with Gasteiger partial charge in [-0.05, 0) is 25.1 Å². The number of hydrogen-bond acceptors (Lipinski definition) is 3. The van der Waals surface area contributed by atoms with Crippen molar-refractivity contribution in [3.8, 4) is 0 Å². The first kappa shape index (κ1) is 11.5. The van der Waals surface area contributed by atoms with E-state index in [9.17, 15) is 8.42 Å². The normalized spacial score (nSPS) is 11.6. The molecule has 0 bridgehead atoms. The molecule has 0 aliphatic rings. The highest BCUT2D eigenvalue weighted by Crippen LogP contribution is 2.21. The highest BCUT2D eigenvalue weighted by Gasteiger charge is 2.16. The summed E-state index contributed by atoms with van der Waals surface area (Å²) in [6.45, 7) is 0.365. The Morgan fingerprint density at radius 2 is 1.93 bits per heavy atom. The van der Waals surface area contributed by atoms with Gasteiger partial charge in [0.05, 0.1) is 15.7 Å². The lowest BCUT2D eigenvalue weighted by atomic mass is 10.4. The van der Waals surface area contributed by atoms with Gasteiger partial charge in [0, 0.05) is 0 Å². The van der Waals surface area contributed by atoms with Gasteiger partial charge in [-0.25, -0.2) is 8.42 Å². The molecule has 0 heterocycles. The van der Waals surface area contributed by atoms with E-state index in [1.807, 2.05) is 0 Å². The summed E-state index contributed by atoms with van der Waals surface area (Å²) in [4.78, 5) is 0.190. The average Bonchev–Trinajstić information content (AvgIpc) is 2.15. The summed E-state index contributed by atoms with van der Waals surface area (Å²) in [5, 5.41) is 0.268. The van der Waals surface area contributed by atoms with E-state index in [0.29, 0.717) is 13.0 Å². The molecule has 2 N–H and O–H groups in total. The molecule has 0 atom stereocenters. The van der Waals surface area contributed by atoms with Crippen LogP contribution in [0.3, 0.4) is 0 Å². The summed E-state index contributed by atoms with van der Waals surface area (Å²) in [7, 11) is -3.27. The standard InChI is InChI=1S/C9H12ClNO2S/c10-8-4-1-2-5-9(8)14(12,13)7-3-6-11/h1-2,4-5H,3,6-7,11H2. The van der Waals surface area contributed by atoms with Crippen LogP contribution in [0.2, 0.25) is 5.02 Å². The molecule has 0 saturated heterocycles. The van der Waals surface area contributed by atoms with Crippen LogP contribution in [0.5, 0.6) is 0 Å². The molecule has 0 amide bonds. The van der Waals surface area contributed by atoms with Crippen molar-refractivity contribution >= 4 is 21.4 Å². The highest BCUT2D eigenvalue weighted by atomic mass is 35.5. The molecule has 0 unspecified atom stereocenters. The van der Waals surface area contributed by atoms with E-state index in [2.05, 4.69) is 0 Å². The summed E-state index contributed by atoms with van der Waals surface area (Å²) in [6, 6.07) is 6.43. The Balaban J connectivity index is 2.99. The zero-order valence-corrected chi connectivity index (χ0v) is 9.18. The van der Waals surface area contributed by atoms with Crippen LogP contribution in [0, 0.1) is 0 Å². The van der Waals surface area contributed by atoms with Crippen LogP contribution < -0.4 is 5.73 Å². The molecule has 1 rings (SSSR count). The van der Waals surface area contributed by atoms with Crippen molar-refractivity contribution in [2.24, 2.45) is 5.73 Å². The van der Waals surface area contributed by atoms with Crippen LogP contribution >= 0.6 is 11.6 Å². The lowest BCUT2D eigenvalue weighted by Crippen LogP contribution is -2.11. The molecule has 0 aromatic heterocycles. The number of nitrogens with two attached hydrogens (primary N) is 1. The second-order valence-electron chi connectivity index (χ2n) is 2.89. The highest BCUT2D eigenvalue weighted by molar-refractivity contribution is 7.91. The van der Waals surface area contributed by atoms with Gasteiger partial charge in [0.25, 0.3) is 0 Å². The molecule has 0 radical (unpaired) electrons. The zero-order chi connectivity index (χ0) is 10.6. The molecule has 14 heavy (non-hydrogen) atoms. The van der Waals surface area contributed by atoms with Crippen LogP contribution in [0.15, 0.2) is 29.2 Å². The third-order valence-electron chi connectivity index (χ3n) is 1.79. The number of rotatable bonds is 4. The van der Waals surface area contributed by atoms with Crippen LogP contribution in [-0.2, 0) is 9.84 Å². The molecule has 0 fully saturated rings. The first-order valence-electron chi connectivity index (χ1n) is 4.25. The Morgan fingerprint density at radius 3 is 2.50 bits per heavy atom. The summed E-state index contributed by atoms with van der Waals surface area (Å²) in [5.41, 5.74) is 5.25. The van der Waals surface area contributed by atoms with Crippen molar-refractivity contribution in [3.05, 3.63) is 29.3 Å². The molecule has 0 aliphatic heterocycles. The van der Waals surface area contributed by atoms with Gasteiger partial charge in [-0.1, -0.05) is 23.7 Å². The minimum absolute atomic E-state index is 0.0488. The van der Waals surface area contributed by atoms with Crippen molar-refractivity contribution in [1.29, 1.82) is 0 Å². The fourth-order valence-electron chi connectivity index (χ4n) is 1.08. The molecule has 0 spiro atoms. The Morgan fingerprint density at radius 1 is 1.29 bits per heavy atom. The predicted octanol–water partition coefficient (Wildman–Crippen LogP) is 1.46. The molecule has 5 heteroatoms. The lowest BCUT2D eigenvalue weighted by molar-refractivity contribution is 0.593. The fourth-order valence-corrected chi connectivity index (χ4v) is 2.99. The number of halogens is 1. The minimum atomic E-state index is -3.27. The van der Waals surface area contributed by atoms with Crippen molar-refractivity contribution in [2.75, 3.05) is 12.3 Å². The Labute approximate surface area is 88.8 Å². The number of sulfone groups is 1. The van der Waals surface area contributed by atoms with Gasteiger partial charge in [-0.15, -0.1) is 0 Å². The lowest BCUT2D eigenvalue weighted by Gasteiger charge is -2.04. The van der Waals surface area contributed by atoms with E-state index in [4.69, 9.17) is 17.3 Å². The maximum absolute atomic E-state index is 11.7. The van der Waals surface area contributed by atoms with E-state index in [-0.39, 0.29) is 15.7 Å². The summed E-state index contributed by atoms with van der Waals surface area (Å²) in [5.74, 6) is 0.0488. The van der Waals surface area contributed by atoms with Gasteiger partial charge >= 0.3 is 0 Å². The van der Waals surface area contributed by atoms with E-state index < -0.39 is 9.84 Å². The monoisotopic (exact) mass is 233 g/mol. The van der Waals surface area contributed by atoms with E-state index in [0.717, 1.165) is 0 Å². The molecule has 1 aromatic carbocycles. The molecule has 78 valence electrons. The first-order chi connectivity index (χ1) is 6.58. The summed E-state index contributed by atoms with van der Waals surface area (Å²) >= 11 is 5.78. The van der Waals surface area contributed by atoms with E-state index >= 15 is 0 Å². The summed E-state index contributed by atoms with van der Waals surface area (Å²) < 4.78 is 23.3. The molecule has 3 nitrogen and oxygen atoms in total. The van der Waals surface area contributed by atoms with Gasteiger partial charge in [-0.2, -0.15) is 0 Å². The van der Waals surface area contributed by atoms with Gasteiger partial charge in [0.2, 0.25) is 0 Å². The fraction of sp³-hybridized carbons (Fsp3) is 0.333. The van der Waals surface area contributed by atoms with Gasteiger partial charge in [0.1, 0.15) is 0 Å². The van der Waals surface area contributed by atoms with Gasteiger partial charge in [-0.3, -0.25) is 0 Å². The second-order valence-corrected chi connectivity index (χ2v) is 5.38. The van der Waals surface area contributed by atoms with Gasteiger partial charge < -0.3 is 5.73 Å². The maximum atomic E-state index is 11.7. The average molecular weight is 234 g/mol. The Hall–Kier alpha value is -0.580. The van der Waals surface area contributed by atoms with Crippen molar-refractivity contribution in [2.45, 2.75) is 11.3 Å². The van der Waals surface area contributed by atoms with Crippen LogP contribution in [0.25, 0.3) is 0 Å². The quantitative estimate of drug-likeness (QED) is 0.857. The second kappa shape index (κ2) is 4.77. The molecular weight excluding hydrogens is 222 g/mol. The van der Waals surface area contributed by atoms with Crippen LogP contribution in [-0.4, -0.2) is 20.7 Å². The SMILES string of the molecule is NCCCS(=O)(=O)c1ccccc1Cl. The van der Waals surface area contributed by atoms with Crippen molar-refractivity contribution in [1.82, 2.24) is 0 Å². The summed E-state index contributed by atoms with van der Waals surface area (Å²) in [6.07, 6.45) is 0.452. The zero-order valence-electron chi connectivity index (χ0n) is 7.61. The van der Waals surface area contributed by atoms with E-state index in [1.165, 1.54) is 6.07 Å². The van der Waals surface area contributed by atoms with Crippen LogP contribution in [0.4, 0.5) is 0 Å². The Bertz CT molecular complexity index is 403. The topological polar surface area (TPSA) is 60.2 Å². The third kappa shape index (κ3) is 2.70. The minimum Gasteiger partial charge on any atom is -0.330 e.